The van der Waals surface area contributed by atoms with Gasteiger partial charge in [0.1, 0.15) is 11.6 Å². The molecule has 1 aromatic carbocycles. The number of carboxylic acid groups (broad SMARTS) is 1. The van der Waals surface area contributed by atoms with Gasteiger partial charge in [-0.25, -0.2) is 9.59 Å². The van der Waals surface area contributed by atoms with Crippen molar-refractivity contribution in [2.24, 2.45) is 0 Å². The molecule has 9 heteroatoms. The molecule has 0 atom stereocenters. The van der Waals surface area contributed by atoms with Gasteiger partial charge in [0.25, 0.3) is 5.91 Å². The second-order valence-corrected chi connectivity index (χ2v) is 5.72. The van der Waals surface area contributed by atoms with E-state index in [1.54, 1.807) is 16.7 Å². The van der Waals surface area contributed by atoms with Crippen molar-refractivity contribution in [2.75, 3.05) is 38.1 Å². The molecule has 0 radical (unpaired) electrons. The van der Waals surface area contributed by atoms with Gasteiger partial charge in [0.2, 0.25) is 0 Å². The molecule has 0 bridgehead atoms. The number of nitrogens with zero attached hydrogens (tertiary/aromatic N) is 3. The predicted octanol–water partition coefficient (Wildman–Crippen LogP) is 1.50. The van der Waals surface area contributed by atoms with Crippen molar-refractivity contribution in [1.82, 2.24) is 9.80 Å². The molecular formula is C18H20N4O5. The van der Waals surface area contributed by atoms with E-state index in [4.69, 9.17) is 9.84 Å². The Labute approximate surface area is 156 Å². The van der Waals surface area contributed by atoms with E-state index < -0.39 is 11.9 Å². The van der Waals surface area contributed by atoms with Gasteiger partial charge in [-0.1, -0.05) is 6.07 Å². The molecule has 1 aliphatic heterocycles. The summed E-state index contributed by atoms with van der Waals surface area (Å²) in [4.78, 5) is 38.3. The number of amides is 2. The van der Waals surface area contributed by atoms with E-state index in [2.05, 4.69) is 5.32 Å². The molecule has 9 nitrogen and oxygen atoms in total. The van der Waals surface area contributed by atoms with E-state index in [0.717, 1.165) is 0 Å². The molecule has 1 aliphatic rings. The van der Waals surface area contributed by atoms with Crippen LogP contribution in [-0.2, 0) is 9.53 Å². The SMILES string of the molecule is CCOC(=O)N1CCN(/C=C(/C#N)C(=O)Nc2cccc(C(=O)O)c2)CC1. The Morgan fingerprint density at radius 1 is 1.30 bits per heavy atom. The second-order valence-electron chi connectivity index (χ2n) is 5.72. The molecule has 142 valence electrons. The van der Waals surface area contributed by atoms with E-state index in [-0.39, 0.29) is 22.9 Å². The van der Waals surface area contributed by atoms with Gasteiger partial charge in [-0.05, 0) is 25.1 Å². The quantitative estimate of drug-likeness (QED) is 0.593. The van der Waals surface area contributed by atoms with Gasteiger partial charge >= 0.3 is 12.1 Å². The van der Waals surface area contributed by atoms with Gasteiger partial charge in [0.05, 0.1) is 12.2 Å². The molecule has 1 heterocycles. The van der Waals surface area contributed by atoms with Crippen LogP contribution in [-0.4, -0.2) is 65.7 Å². The predicted molar refractivity (Wildman–Crippen MR) is 95.9 cm³/mol. The second kappa shape index (κ2) is 9.24. The van der Waals surface area contributed by atoms with Gasteiger partial charge < -0.3 is 25.0 Å². The Kier molecular flexibility index (Phi) is 6.77. The first-order chi connectivity index (χ1) is 12.9. The number of nitriles is 1. The smallest absolute Gasteiger partial charge is 0.409 e. The number of nitrogens with one attached hydrogen (secondary N) is 1. The van der Waals surface area contributed by atoms with Gasteiger partial charge in [-0.3, -0.25) is 4.79 Å². The summed E-state index contributed by atoms with van der Waals surface area (Å²) in [6.07, 6.45) is 1.07. The standard InChI is InChI=1S/C18H20N4O5/c1-2-27-18(26)22-8-6-21(7-9-22)12-14(11-19)16(23)20-15-5-3-4-13(10-15)17(24)25/h3-5,10,12H,2,6-9H2,1H3,(H,20,23)(H,24,25)/b14-12-. The Morgan fingerprint density at radius 3 is 2.59 bits per heavy atom. The highest BCUT2D eigenvalue weighted by atomic mass is 16.6. The third kappa shape index (κ3) is 5.47. The number of benzene rings is 1. The third-order valence-corrected chi connectivity index (χ3v) is 3.88. The number of hydrogen-bond acceptors (Lipinski definition) is 6. The van der Waals surface area contributed by atoms with E-state index in [0.29, 0.717) is 32.8 Å². The lowest BCUT2D eigenvalue weighted by atomic mass is 10.2. The minimum Gasteiger partial charge on any atom is -0.478 e. The van der Waals surface area contributed by atoms with Crippen molar-refractivity contribution in [3.05, 3.63) is 41.6 Å². The summed E-state index contributed by atoms with van der Waals surface area (Å²) >= 11 is 0. The summed E-state index contributed by atoms with van der Waals surface area (Å²) in [6.45, 7) is 3.83. The number of carboxylic acids is 1. The highest BCUT2D eigenvalue weighted by molar-refractivity contribution is 6.06. The Morgan fingerprint density at radius 2 is 2.00 bits per heavy atom. The first-order valence-corrected chi connectivity index (χ1v) is 8.37. The molecule has 0 aromatic heterocycles. The number of aromatic carboxylic acids is 1. The monoisotopic (exact) mass is 372 g/mol. The van der Waals surface area contributed by atoms with Gasteiger partial charge in [0.15, 0.2) is 0 Å². The Hall–Kier alpha value is -3.54. The zero-order valence-corrected chi connectivity index (χ0v) is 14.8. The largest absolute Gasteiger partial charge is 0.478 e. The molecular weight excluding hydrogens is 352 g/mol. The lowest BCUT2D eigenvalue weighted by molar-refractivity contribution is -0.112. The van der Waals surface area contributed by atoms with Gasteiger partial charge in [-0.15, -0.1) is 0 Å². The zero-order chi connectivity index (χ0) is 19.8. The minimum atomic E-state index is -1.11. The molecule has 1 fully saturated rings. The fourth-order valence-electron chi connectivity index (χ4n) is 2.50. The maximum Gasteiger partial charge on any atom is 0.409 e. The third-order valence-electron chi connectivity index (χ3n) is 3.88. The maximum absolute atomic E-state index is 12.3. The molecule has 0 aliphatic carbocycles. The van der Waals surface area contributed by atoms with Gasteiger partial charge in [-0.2, -0.15) is 5.26 Å². The maximum atomic E-state index is 12.3. The van der Waals surface area contributed by atoms with E-state index in [9.17, 15) is 19.6 Å². The molecule has 0 unspecified atom stereocenters. The van der Waals surface area contributed by atoms with Crippen molar-refractivity contribution in [1.29, 1.82) is 5.26 Å². The van der Waals surface area contributed by atoms with Crippen LogP contribution in [0.15, 0.2) is 36.0 Å². The summed E-state index contributed by atoms with van der Waals surface area (Å²) in [7, 11) is 0. The van der Waals surface area contributed by atoms with E-state index in [1.807, 2.05) is 6.07 Å². The van der Waals surface area contributed by atoms with Crippen molar-refractivity contribution < 1.29 is 24.2 Å². The van der Waals surface area contributed by atoms with Crippen molar-refractivity contribution >= 4 is 23.7 Å². The molecule has 2 amide bonds. The highest BCUT2D eigenvalue weighted by Crippen LogP contribution is 2.13. The number of hydrogen-bond donors (Lipinski definition) is 2. The van der Waals surface area contributed by atoms with Crippen LogP contribution in [0.3, 0.4) is 0 Å². The normalized spacial score (nSPS) is 14.3. The van der Waals surface area contributed by atoms with Crippen LogP contribution in [0.1, 0.15) is 17.3 Å². The van der Waals surface area contributed by atoms with Crippen LogP contribution >= 0.6 is 0 Å². The van der Waals surface area contributed by atoms with Crippen molar-refractivity contribution in [3.8, 4) is 6.07 Å². The van der Waals surface area contributed by atoms with E-state index >= 15 is 0 Å². The summed E-state index contributed by atoms with van der Waals surface area (Å²) in [5, 5.41) is 20.8. The lowest BCUT2D eigenvalue weighted by Gasteiger charge is -2.33. The average Bonchev–Trinajstić information content (AvgIpc) is 2.66. The summed E-state index contributed by atoms with van der Waals surface area (Å²) in [6, 6.07) is 7.61. The topological polar surface area (TPSA) is 123 Å². The van der Waals surface area contributed by atoms with Crippen molar-refractivity contribution in [3.63, 3.8) is 0 Å². The Balaban J connectivity index is 1.99. The number of anilines is 1. The number of ether oxygens (including phenoxy) is 1. The fourth-order valence-corrected chi connectivity index (χ4v) is 2.50. The van der Waals surface area contributed by atoms with Crippen LogP contribution in [0.4, 0.5) is 10.5 Å². The zero-order valence-electron chi connectivity index (χ0n) is 14.8. The number of rotatable bonds is 5. The molecule has 27 heavy (non-hydrogen) atoms. The molecule has 0 spiro atoms. The summed E-state index contributed by atoms with van der Waals surface area (Å²) in [5.74, 6) is -1.74. The van der Waals surface area contributed by atoms with Gasteiger partial charge in [0, 0.05) is 38.1 Å². The summed E-state index contributed by atoms with van der Waals surface area (Å²) in [5.41, 5.74) is 0.207. The number of carbonyl (C=O) groups excluding carboxylic acids is 2. The van der Waals surface area contributed by atoms with Crippen LogP contribution in [0.25, 0.3) is 0 Å². The van der Waals surface area contributed by atoms with Crippen LogP contribution < -0.4 is 5.32 Å². The first kappa shape index (κ1) is 19.8. The van der Waals surface area contributed by atoms with Crippen LogP contribution in [0, 0.1) is 11.3 Å². The average molecular weight is 372 g/mol. The molecule has 1 saturated heterocycles. The fraction of sp³-hybridized carbons (Fsp3) is 0.333. The lowest BCUT2D eigenvalue weighted by Crippen LogP contribution is -2.47. The number of carbonyl (C=O) groups is 3. The van der Waals surface area contributed by atoms with Crippen LogP contribution in [0.5, 0.6) is 0 Å². The van der Waals surface area contributed by atoms with Crippen LogP contribution in [0.2, 0.25) is 0 Å². The Bertz CT molecular complexity index is 791. The molecule has 0 saturated carbocycles. The molecule has 2 rings (SSSR count). The highest BCUT2D eigenvalue weighted by Gasteiger charge is 2.21. The molecule has 1 aromatic rings. The molecule has 2 N–H and O–H groups in total. The summed E-state index contributed by atoms with van der Waals surface area (Å²) < 4.78 is 4.94. The first-order valence-electron chi connectivity index (χ1n) is 8.37. The number of piperazine rings is 1. The minimum absolute atomic E-state index is 0.0328. The van der Waals surface area contributed by atoms with Crippen molar-refractivity contribution in [2.45, 2.75) is 6.92 Å². The van der Waals surface area contributed by atoms with E-state index in [1.165, 1.54) is 30.5 Å².